The van der Waals surface area contributed by atoms with Gasteiger partial charge in [-0.15, -0.1) is 0 Å². The first-order valence-electron chi connectivity index (χ1n) is 2.29. The molecule has 0 saturated heterocycles. The second kappa shape index (κ2) is 2.08. The Bertz CT molecular complexity index is 124. The first kappa shape index (κ1) is 4.79. The standard InChI is InChI=1S/C4H7N2P/c1-2-4-3-5-6-7-4/h3H,2H2,1H3,(H,5,6). The smallest absolute Gasteiger partial charge is 0.0657 e. The lowest BCUT2D eigenvalue weighted by molar-refractivity contribution is 1.12. The molecule has 1 aromatic heterocycles. The summed E-state index contributed by atoms with van der Waals surface area (Å²) >= 11 is 0. The van der Waals surface area contributed by atoms with E-state index in [-0.39, 0.29) is 0 Å². The lowest BCUT2D eigenvalue weighted by atomic mass is 10.4. The molecule has 1 aromatic rings. The summed E-state index contributed by atoms with van der Waals surface area (Å²) in [6.45, 7) is 2.13. The second-order valence-corrected chi connectivity index (χ2v) is 2.29. The van der Waals surface area contributed by atoms with Gasteiger partial charge >= 0.3 is 0 Å². The summed E-state index contributed by atoms with van der Waals surface area (Å²) in [7, 11) is 1.10. The SMILES string of the molecule is CCc1c[nH]np1. The van der Waals surface area contributed by atoms with Crippen LogP contribution in [0.5, 0.6) is 0 Å². The highest BCUT2D eigenvalue weighted by molar-refractivity contribution is 7.26. The van der Waals surface area contributed by atoms with Crippen molar-refractivity contribution in [1.29, 1.82) is 0 Å². The van der Waals surface area contributed by atoms with Crippen LogP contribution < -0.4 is 0 Å². The fourth-order valence-electron chi connectivity index (χ4n) is 0.398. The summed E-state index contributed by atoms with van der Waals surface area (Å²) in [6, 6.07) is 0. The van der Waals surface area contributed by atoms with Gasteiger partial charge in [0.1, 0.15) is 0 Å². The predicted molar refractivity (Wildman–Crippen MR) is 30.5 cm³/mol. The molecule has 0 radical (unpaired) electrons. The molecule has 0 amide bonds. The van der Waals surface area contributed by atoms with Crippen LogP contribution in [0.1, 0.15) is 12.2 Å². The fourth-order valence-corrected chi connectivity index (χ4v) is 0.899. The van der Waals surface area contributed by atoms with Crippen LogP contribution in [-0.4, -0.2) is 9.96 Å². The van der Waals surface area contributed by atoms with Crippen LogP contribution in [0.15, 0.2) is 6.20 Å². The Balaban J connectivity index is 2.76. The minimum Gasteiger partial charge on any atom is -0.281 e. The van der Waals surface area contributed by atoms with E-state index in [2.05, 4.69) is 16.9 Å². The van der Waals surface area contributed by atoms with E-state index in [9.17, 15) is 0 Å². The number of hydrogen-bond donors (Lipinski definition) is 1. The molecule has 0 fully saturated rings. The molecule has 0 aliphatic carbocycles. The number of rotatable bonds is 1. The summed E-state index contributed by atoms with van der Waals surface area (Å²) in [5.74, 6) is 0. The Kier molecular flexibility index (Phi) is 1.42. The Morgan fingerprint density at radius 2 is 2.86 bits per heavy atom. The number of nitrogens with zero attached hydrogens (tertiary/aromatic N) is 1. The van der Waals surface area contributed by atoms with Crippen LogP contribution in [0, 0.1) is 0 Å². The maximum absolute atomic E-state index is 3.87. The zero-order chi connectivity index (χ0) is 5.11. The van der Waals surface area contributed by atoms with Gasteiger partial charge in [-0.2, -0.15) is 4.86 Å². The molecule has 3 heteroatoms. The van der Waals surface area contributed by atoms with Gasteiger partial charge in [0.05, 0.1) is 8.35 Å². The van der Waals surface area contributed by atoms with Gasteiger partial charge in [-0.3, -0.25) is 5.10 Å². The quantitative estimate of drug-likeness (QED) is 0.589. The molecular formula is C4H7N2P. The van der Waals surface area contributed by atoms with Crippen molar-refractivity contribution in [3.05, 3.63) is 11.5 Å². The van der Waals surface area contributed by atoms with Crippen LogP contribution in [0.25, 0.3) is 0 Å². The molecule has 0 aliphatic rings. The van der Waals surface area contributed by atoms with E-state index in [1.54, 1.807) is 0 Å². The molecule has 0 atom stereocenters. The number of aromatic nitrogens is 2. The number of aromatic amines is 1. The van der Waals surface area contributed by atoms with Gasteiger partial charge in [0, 0.05) is 11.5 Å². The average Bonchev–Trinajstić information content (AvgIpc) is 2.14. The van der Waals surface area contributed by atoms with Gasteiger partial charge in [-0.05, 0) is 6.42 Å². The van der Waals surface area contributed by atoms with E-state index >= 15 is 0 Å². The molecular weight excluding hydrogens is 107 g/mol. The number of H-pyrrole nitrogens is 1. The summed E-state index contributed by atoms with van der Waals surface area (Å²) in [5.41, 5.74) is 0. The Morgan fingerprint density at radius 3 is 3.14 bits per heavy atom. The Labute approximate surface area is 44.1 Å². The van der Waals surface area contributed by atoms with E-state index < -0.39 is 0 Å². The molecule has 1 rings (SSSR count). The highest BCUT2D eigenvalue weighted by Crippen LogP contribution is 2.06. The maximum Gasteiger partial charge on any atom is 0.0657 e. The van der Waals surface area contributed by atoms with Gasteiger partial charge in [0.25, 0.3) is 0 Å². The van der Waals surface area contributed by atoms with E-state index in [1.807, 2.05) is 6.20 Å². The summed E-state index contributed by atoms with van der Waals surface area (Å²) < 4.78 is 0. The van der Waals surface area contributed by atoms with Crippen molar-refractivity contribution < 1.29 is 0 Å². The minimum atomic E-state index is 1.10. The third-order valence-corrected chi connectivity index (χ3v) is 1.75. The van der Waals surface area contributed by atoms with Crippen LogP contribution in [0.2, 0.25) is 0 Å². The summed E-state index contributed by atoms with van der Waals surface area (Å²) in [6.07, 6.45) is 3.06. The lowest BCUT2D eigenvalue weighted by Crippen LogP contribution is -1.64. The molecule has 0 aliphatic heterocycles. The van der Waals surface area contributed by atoms with Crippen molar-refractivity contribution in [2.24, 2.45) is 0 Å². The molecule has 0 unspecified atom stereocenters. The first-order valence-corrected chi connectivity index (χ1v) is 3.13. The fraction of sp³-hybridized carbons (Fsp3) is 0.500. The van der Waals surface area contributed by atoms with Crippen molar-refractivity contribution >= 4 is 8.35 Å². The van der Waals surface area contributed by atoms with E-state index in [0.717, 1.165) is 14.8 Å². The van der Waals surface area contributed by atoms with Crippen molar-refractivity contribution in [1.82, 2.24) is 9.96 Å². The maximum atomic E-state index is 3.87. The lowest BCUT2D eigenvalue weighted by Gasteiger charge is -1.75. The van der Waals surface area contributed by atoms with Crippen molar-refractivity contribution in [3.8, 4) is 0 Å². The Hall–Kier alpha value is -0.360. The monoisotopic (exact) mass is 114 g/mol. The van der Waals surface area contributed by atoms with Gasteiger partial charge < -0.3 is 0 Å². The molecule has 0 bridgehead atoms. The largest absolute Gasteiger partial charge is 0.281 e. The zero-order valence-corrected chi connectivity index (χ0v) is 5.07. The minimum absolute atomic E-state index is 1.10. The van der Waals surface area contributed by atoms with Crippen molar-refractivity contribution in [2.45, 2.75) is 13.3 Å². The topological polar surface area (TPSA) is 28.7 Å². The molecule has 0 spiro atoms. The van der Waals surface area contributed by atoms with Crippen LogP contribution in [0.4, 0.5) is 0 Å². The highest BCUT2D eigenvalue weighted by atomic mass is 31.0. The molecule has 1 N–H and O–H groups in total. The van der Waals surface area contributed by atoms with Gasteiger partial charge in [-0.25, -0.2) is 0 Å². The van der Waals surface area contributed by atoms with Crippen LogP contribution in [0.3, 0.4) is 0 Å². The predicted octanol–water partition coefficient (Wildman–Crippen LogP) is 1.55. The number of hydrogen-bond acceptors (Lipinski definition) is 1. The van der Waals surface area contributed by atoms with Crippen LogP contribution in [-0.2, 0) is 6.42 Å². The molecule has 2 nitrogen and oxygen atoms in total. The summed E-state index contributed by atoms with van der Waals surface area (Å²) in [5, 5.41) is 4.13. The van der Waals surface area contributed by atoms with Gasteiger partial charge in [0.2, 0.25) is 0 Å². The van der Waals surface area contributed by atoms with Crippen molar-refractivity contribution in [3.63, 3.8) is 0 Å². The third kappa shape index (κ3) is 1.00. The van der Waals surface area contributed by atoms with E-state index in [1.165, 1.54) is 5.30 Å². The normalized spacial score (nSPS) is 10.4. The summed E-state index contributed by atoms with van der Waals surface area (Å²) in [4.78, 5) is 3.87. The number of nitrogens with one attached hydrogen (secondary N) is 1. The highest BCUT2D eigenvalue weighted by Gasteiger charge is 1.84. The third-order valence-electron chi connectivity index (χ3n) is 0.830. The molecule has 38 valence electrons. The molecule has 1 heterocycles. The van der Waals surface area contributed by atoms with E-state index in [4.69, 9.17) is 0 Å². The average molecular weight is 114 g/mol. The van der Waals surface area contributed by atoms with Crippen molar-refractivity contribution in [2.75, 3.05) is 0 Å². The van der Waals surface area contributed by atoms with Gasteiger partial charge in [0.15, 0.2) is 0 Å². The molecule has 7 heavy (non-hydrogen) atoms. The molecule has 0 aromatic carbocycles. The van der Waals surface area contributed by atoms with E-state index in [0.29, 0.717) is 0 Å². The number of aryl methyl sites for hydroxylation is 1. The van der Waals surface area contributed by atoms with Crippen LogP contribution >= 0.6 is 8.35 Å². The van der Waals surface area contributed by atoms with Gasteiger partial charge in [-0.1, -0.05) is 6.92 Å². The second-order valence-electron chi connectivity index (χ2n) is 1.32. The Morgan fingerprint density at radius 1 is 2.00 bits per heavy atom. The zero-order valence-electron chi connectivity index (χ0n) is 4.18. The molecule has 0 saturated carbocycles. The first-order chi connectivity index (χ1) is 3.43.